The quantitative estimate of drug-likeness (QED) is 0.613. The van der Waals surface area contributed by atoms with Gasteiger partial charge < -0.3 is 4.57 Å². The van der Waals surface area contributed by atoms with Gasteiger partial charge in [0, 0.05) is 37.1 Å². The van der Waals surface area contributed by atoms with E-state index in [0.717, 1.165) is 6.54 Å². The molecule has 2 heterocycles. The lowest BCUT2D eigenvalue weighted by molar-refractivity contribution is 0.130. The van der Waals surface area contributed by atoms with Crippen molar-refractivity contribution < 1.29 is 0 Å². The zero-order chi connectivity index (χ0) is 10.2. The van der Waals surface area contributed by atoms with Crippen LogP contribution in [0.4, 0.5) is 0 Å². The fraction of sp³-hybridized carbons (Fsp3) is 0.667. The van der Waals surface area contributed by atoms with Gasteiger partial charge in [-0.2, -0.15) is 0 Å². The molecule has 1 aliphatic heterocycles. The maximum Gasteiger partial charge on any atom is 0.0392 e. The van der Waals surface area contributed by atoms with Crippen LogP contribution in [0.15, 0.2) is 18.3 Å². The molecule has 1 aliphatic rings. The molecule has 0 fully saturated rings. The monoisotopic (exact) mass is 192 g/mol. The van der Waals surface area contributed by atoms with E-state index in [1.807, 2.05) is 0 Å². The molecular formula is C12H20N2. The summed E-state index contributed by atoms with van der Waals surface area (Å²) in [6.07, 6.45) is 3.46. The summed E-state index contributed by atoms with van der Waals surface area (Å²) in [5.74, 6) is 0. The molecule has 0 spiro atoms. The molecule has 1 aromatic rings. The van der Waals surface area contributed by atoms with E-state index < -0.39 is 0 Å². The molecule has 2 heteroatoms. The Morgan fingerprint density at radius 1 is 1.21 bits per heavy atom. The standard InChI is InChI=1S/C12H20N2/c1-12(2,3)14-9-5-8-13-7-4-6-11(13)10-14/h4,6-7H,5,8-10H2,1-3H3. The first-order chi connectivity index (χ1) is 6.57. The number of hydrogen-bond acceptors (Lipinski definition) is 1. The number of fused-ring (bicyclic) bond motifs is 1. The van der Waals surface area contributed by atoms with Crippen molar-refractivity contribution in [3.8, 4) is 0 Å². The Labute approximate surface area is 86.5 Å². The molecule has 0 aliphatic carbocycles. The van der Waals surface area contributed by atoms with Crippen molar-refractivity contribution in [1.29, 1.82) is 0 Å². The van der Waals surface area contributed by atoms with Crippen LogP contribution >= 0.6 is 0 Å². The zero-order valence-corrected chi connectivity index (χ0v) is 9.45. The first kappa shape index (κ1) is 9.78. The second kappa shape index (κ2) is 3.43. The molecule has 0 N–H and O–H groups in total. The van der Waals surface area contributed by atoms with Gasteiger partial charge in [0.1, 0.15) is 0 Å². The second-order valence-electron chi connectivity index (χ2n) is 5.14. The van der Waals surface area contributed by atoms with E-state index in [2.05, 4.69) is 48.6 Å². The van der Waals surface area contributed by atoms with Gasteiger partial charge in [0.25, 0.3) is 0 Å². The fourth-order valence-corrected chi connectivity index (χ4v) is 2.09. The Morgan fingerprint density at radius 2 is 2.00 bits per heavy atom. The van der Waals surface area contributed by atoms with Crippen LogP contribution in [0.1, 0.15) is 32.9 Å². The summed E-state index contributed by atoms with van der Waals surface area (Å²) in [6.45, 7) is 10.4. The maximum atomic E-state index is 2.56. The van der Waals surface area contributed by atoms with Gasteiger partial charge in [0.15, 0.2) is 0 Å². The van der Waals surface area contributed by atoms with Crippen molar-refractivity contribution in [2.24, 2.45) is 0 Å². The third kappa shape index (κ3) is 1.85. The molecule has 2 nitrogen and oxygen atoms in total. The van der Waals surface area contributed by atoms with E-state index in [9.17, 15) is 0 Å². The molecule has 0 amide bonds. The molecular weight excluding hydrogens is 172 g/mol. The highest BCUT2D eigenvalue weighted by atomic mass is 15.2. The minimum Gasteiger partial charge on any atom is -0.350 e. The summed E-state index contributed by atoms with van der Waals surface area (Å²) < 4.78 is 2.38. The SMILES string of the molecule is CC(C)(C)N1CCCn2cccc2C1. The third-order valence-corrected chi connectivity index (χ3v) is 3.05. The predicted octanol–water partition coefficient (Wildman–Crippen LogP) is 2.49. The van der Waals surface area contributed by atoms with E-state index in [0.29, 0.717) is 5.54 Å². The summed E-state index contributed by atoms with van der Waals surface area (Å²) in [6, 6.07) is 4.39. The lowest BCUT2D eigenvalue weighted by Crippen LogP contribution is -2.40. The summed E-state index contributed by atoms with van der Waals surface area (Å²) >= 11 is 0. The number of rotatable bonds is 0. The maximum absolute atomic E-state index is 2.56. The van der Waals surface area contributed by atoms with Crippen LogP contribution in [0, 0.1) is 0 Å². The first-order valence-corrected chi connectivity index (χ1v) is 5.46. The van der Waals surface area contributed by atoms with Crippen molar-refractivity contribution in [3.05, 3.63) is 24.0 Å². The average molecular weight is 192 g/mol. The number of hydrogen-bond donors (Lipinski definition) is 0. The van der Waals surface area contributed by atoms with Crippen LogP contribution in [0.3, 0.4) is 0 Å². The molecule has 0 saturated carbocycles. The van der Waals surface area contributed by atoms with Crippen molar-refractivity contribution in [2.75, 3.05) is 6.54 Å². The molecule has 1 aromatic heterocycles. The molecule has 0 atom stereocenters. The Bertz CT molecular complexity index is 306. The Hall–Kier alpha value is -0.760. The summed E-state index contributed by atoms with van der Waals surface area (Å²) in [4.78, 5) is 2.56. The van der Waals surface area contributed by atoms with Gasteiger partial charge in [0.2, 0.25) is 0 Å². The molecule has 0 unspecified atom stereocenters. The Kier molecular flexibility index (Phi) is 2.40. The van der Waals surface area contributed by atoms with Gasteiger partial charge in [-0.1, -0.05) is 0 Å². The molecule has 0 saturated heterocycles. The van der Waals surface area contributed by atoms with Gasteiger partial charge in [-0.25, -0.2) is 0 Å². The number of aromatic nitrogens is 1. The van der Waals surface area contributed by atoms with Crippen LogP contribution in [0.25, 0.3) is 0 Å². The summed E-state index contributed by atoms with van der Waals surface area (Å²) in [5, 5.41) is 0. The van der Waals surface area contributed by atoms with Gasteiger partial charge >= 0.3 is 0 Å². The summed E-state index contributed by atoms with van der Waals surface area (Å²) in [7, 11) is 0. The van der Waals surface area contributed by atoms with Crippen LogP contribution in [-0.2, 0) is 13.1 Å². The smallest absolute Gasteiger partial charge is 0.0392 e. The van der Waals surface area contributed by atoms with E-state index in [4.69, 9.17) is 0 Å². The van der Waals surface area contributed by atoms with Crippen molar-refractivity contribution >= 4 is 0 Å². The predicted molar refractivity (Wildman–Crippen MR) is 59.2 cm³/mol. The minimum absolute atomic E-state index is 0.291. The Morgan fingerprint density at radius 3 is 2.71 bits per heavy atom. The molecule has 0 aromatic carbocycles. The van der Waals surface area contributed by atoms with Crippen LogP contribution < -0.4 is 0 Å². The van der Waals surface area contributed by atoms with E-state index in [1.165, 1.54) is 25.2 Å². The summed E-state index contributed by atoms with van der Waals surface area (Å²) in [5.41, 5.74) is 1.75. The van der Waals surface area contributed by atoms with Crippen molar-refractivity contribution in [1.82, 2.24) is 9.47 Å². The topological polar surface area (TPSA) is 8.17 Å². The molecule has 2 rings (SSSR count). The van der Waals surface area contributed by atoms with Gasteiger partial charge in [-0.15, -0.1) is 0 Å². The normalized spacial score (nSPS) is 19.1. The Balaban J connectivity index is 2.20. The molecule has 14 heavy (non-hydrogen) atoms. The molecule has 0 bridgehead atoms. The van der Waals surface area contributed by atoms with Gasteiger partial charge in [0.05, 0.1) is 0 Å². The van der Waals surface area contributed by atoms with Gasteiger partial charge in [-0.05, 0) is 39.3 Å². The van der Waals surface area contributed by atoms with Crippen molar-refractivity contribution in [2.45, 2.75) is 45.8 Å². The lowest BCUT2D eigenvalue weighted by atomic mass is 10.1. The van der Waals surface area contributed by atoms with Crippen molar-refractivity contribution in [3.63, 3.8) is 0 Å². The van der Waals surface area contributed by atoms with Crippen LogP contribution in [0.2, 0.25) is 0 Å². The molecule has 0 radical (unpaired) electrons. The fourth-order valence-electron chi connectivity index (χ4n) is 2.09. The van der Waals surface area contributed by atoms with Crippen LogP contribution in [-0.4, -0.2) is 21.6 Å². The molecule has 78 valence electrons. The largest absolute Gasteiger partial charge is 0.350 e. The third-order valence-electron chi connectivity index (χ3n) is 3.05. The van der Waals surface area contributed by atoms with E-state index in [1.54, 1.807) is 0 Å². The van der Waals surface area contributed by atoms with E-state index in [-0.39, 0.29) is 0 Å². The van der Waals surface area contributed by atoms with Crippen LogP contribution in [0.5, 0.6) is 0 Å². The average Bonchev–Trinajstić information content (AvgIpc) is 2.41. The zero-order valence-electron chi connectivity index (χ0n) is 9.45. The second-order valence-corrected chi connectivity index (χ2v) is 5.14. The lowest BCUT2D eigenvalue weighted by Gasteiger charge is -2.34. The first-order valence-electron chi connectivity index (χ1n) is 5.46. The highest BCUT2D eigenvalue weighted by Crippen LogP contribution is 2.21. The highest BCUT2D eigenvalue weighted by Gasteiger charge is 2.23. The van der Waals surface area contributed by atoms with E-state index >= 15 is 0 Å². The number of aryl methyl sites for hydroxylation is 1. The minimum atomic E-state index is 0.291. The highest BCUT2D eigenvalue weighted by molar-refractivity contribution is 5.08. The number of nitrogens with zero attached hydrogens (tertiary/aromatic N) is 2. The van der Waals surface area contributed by atoms with Gasteiger partial charge in [-0.3, -0.25) is 4.90 Å².